The van der Waals surface area contributed by atoms with Crippen LogP contribution in [0.25, 0.3) is 16.5 Å². The minimum absolute atomic E-state index is 0.423. The van der Waals surface area contributed by atoms with Crippen molar-refractivity contribution in [3.8, 4) is 5.69 Å². The molecule has 0 atom stereocenters. The lowest BCUT2D eigenvalue weighted by Crippen LogP contribution is -2.09. The van der Waals surface area contributed by atoms with Gasteiger partial charge in [0.25, 0.3) is 0 Å². The van der Waals surface area contributed by atoms with Crippen molar-refractivity contribution >= 4 is 10.8 Å². The van der Waals surface area contributed by atoms with Gasteiger partial charge in [0.1, 0.15) is 0 Å². The molecule has 21 heavy (non-hydrogen) atoms. The van der Waals surface area contributed by atoms with Gasteiger partial charge in [-0.2, -0.15) is 0 Å². The van der Waals surface area contributed by atoms with E-state index in [1.807, 2.05) is 10.7 Å². The lowest BCUT2D eigenvalue weighted by Gasteiger charge is -2.12. The highest BCUT2D eigenvalue weighted by Gasteiger charge is 2.15. The second-order valence-corrected chi connectivity index (χ2v) is 5.70. The maximum atomic E-state index is 5.81. The quantitative estimate of drug-likeness (QED) is 0.799. The summed E-state index contributed by atoms with van der Waals surface area (Å²) in [7, 11) is 0. The van der Waals surface area contributed by atoms with Crippen LogP contribution in [0.1, 0.15) is 25.2 Å². The summed E-state index contributed by atoms with van der Waals surface area (Å²) in [5.41, 5.74) is 8.88. The Morgan fingerprint density at radius 2 is 1.86 bits per heavy atom. The van der Waals surface area contributed by atoms with Crippen LogP contribution in [0, 0.1) is 5.92 Å². The first-order chi connectivity index (χ1) is 10.2. The third-order valence-corrected chi connectivity index (χ3v) is 3.63. The molecule has 2 aromatic carbocycles. The molecule has 0 spiro atoms. The van der Waals surface area contributed by atoms with Gasteiger partial charge in [-0.3, -0.25) is 0 Å². The van der Waals surface area contributed by atoms with Gasteiger partial charge in [0.15, 0.2) is 0 Å². The molecule has 0 amide bonds. The van der Waals surface area contributed by atoms with E-state index in [1.54, 1.807) is 0 Å². The molecule has 0 aliphatic heterocycles. The zero-order valence-electron chi connectivity index (χ0n) is 12.5. The first-order valence-corrected chi connectivity index (χ1v) is 7.32. The minimum atomic E-state index is 0.423. The van der Waals surface area contributed by atoms with Crippen molar-refractivity contribution in [2.45, 2.75) is 26.8 Å². The van der Waals surface area contributed by atoms with Gasteiger partial charge >= 0.3 is 0 Å². The lowest BCUT2D eigenvalue weighted by molar-refractivity contribution is 0.612. The molecule has 1 heterocycles. The van der Waals surface area contributed by atoms with Gasteiger partial charge in [-0.25, -0.2) is 4.68 Å². The number of hydrogen-bond donors (Lipinski definition) is 1. The fourth-order valence-corrected chi connectivity index (χ4v) is 2.67. The summed E-state index contributed by atoms with van der Waals surface area (Å²) in [5.74, 6) is 0.530. The van der Waals surface area contributed by atoms with Gasteiger partial charge in [0.05, 0.1) is 17.1 Å². The summed E-state index contributed by atoms with van der Waals surface area (Å²) in [6.45, 7) is 4.81. The highest BCUT2D eigenvalue weighted by atomic mass is 15.4. The molecule has 3 rings (SSSR count). The topological polar surface area (TPSA) is 56.7 Å². The van der Waals surface area contributed by atoms with E-state index in [1.165, 1.54) is 10.8 Å². The molecular formula is C17H20N4. The Labute approximate surface area is 124 Å². The lowest BCUT2D eigenvalue weighted by atomic mass is 10.0. The molecule has 1 aromatic heterocycles. The molecule has 0 saturated carbocycles. The van der Waals surface area contributed by atoms with E-state index < -0.39 is 0 Å². The number of aromatic nitrogens is 3. The summed E-state index contributed by atoms with van der Waals surface area (Å²) in [6.07, 6.45) is 0.919. The Morgan fingerprint density at radius 1 is 1.10 bits per heavy atom. The highest BCUT2D eigenvalue weighted by Crippen LogP contribution is 2.24. The monoisotopic (exact) mass is 280 g/mol. The maximum Gasteiger partial charge on any atom is 0.0999 e. The van der Waals surface area contributed by atoms with Crippen molar-refractivity contribution in [1.82, 2.24) is 15.0 Å². The van der Waals surface area contributed by atoms with Gasteiger partial charge in [-0.15, -0.1) is 5.10 Å². The number of hydrogen-bond acceptors (Lipinski definition) is 3. The molecule has 108 valence electrons. The van der Waals surface area contributed by atoms with E-state index in [0.717, 1.165) is 23.5 Å². The van der Waals surface area contributed by atoms with Gasteiger partial charge < -0.3 is 5.73 Å². The van der Waals surface area contributed by atoms with Crippen molar-refractivity contribution in [2.75, 3.05) is 0 Å². The van der Waals surface area contributed by atoms with Crippen LogP contribution in [0.2, 0.25) is 0 Å². The van der Waals surface area contributed by atoms with E-state index >= 15 is 0 Å². The zero-order chi connectivity index (χ0) is 14.8. The number of benzene rings is 2. The average molecular weight is 280 g/mol. The molecule has 0 aliphatic carbocycles. The smallest absolute Gasteiger partial charge is 0.0999 e. The Bertz CT molecular complexity index is 753. The summed E-state index contributed by atoms with van der Waals surface area (Å²) < 4.78 is 1.95. The van der Waals surface area contributed by atoms with Crippen LogP contribution in [0.4, 0.5) is 0 Å². The molecule has 4 heteroatoms. The van der Waals surface area contributed by atoms with E-state index in [-0.39, 0.29) is 0 Å². The summed E-state index contributed by atoms with van der Waals surface area (Å²) in [4.78, 5) is 0. The Balaban J connectivity index is 2.21. The first-order valence-electron chi connectivity index (χ1n) is 7.32. The maximum absolute atomic E-state index is 5.81. The molecule has 0 unspecified atom stereocenters. The molecule has 0 radical (unpaired) electrons. The molecule has 0 fully saturated rings. The summed E-state index contributed by atoms with van der Waals surface area (Å²) in [5, 5.41) is 11.0. The summed E-state index contributed by atoms with van der Waals surface area (Å²) in [6, 6.07) is 14.6. The summed E-state index contributed by atoms with van der Waals surface area (Å²) >= 11 is 0. The van der Waals surface area contributed by atoms with Crippen LogP contribution >= 0.6 is 0 Å². The second-order valence-electron chi connectivity index (χ2n) is 5.70. The molecule has 0 bridgehead atoms. The van der Waals surface area contributed by atoms with Crippen LogP contribution in [-0.4, -0.2) is 15.0 Å². The van der Waals surface area contributed by atoms with Crippen molar-refractivity contribution < 1.29 is 0 Å². The number of nitrogens with zero attached hydrogens (tertiary/aromatic N) is 3. The second kappa shape index (κ2) is 5.66. The molecule has 0 aliphatic rings. The predicted octanol–water partition coefficient (Wildman–Crippen LogP) is 3.08. The Kier molecular flexibility index (Phi) is 3.71. The predicted molar refractivity (Wildman–Crippen MR) is 85.3 cm³/mol. The number of rotatable bonds is 4. The van der Waals surface area contributed by atoms with Crippen LogP contribution in [0.5, 0.6) is 0 Å². The SMILES string of the molecule is CC(C)Cc1c(CN)nnn1-c1cccc2ccccc12. The van der Waals surface area contributed by atoms with Gasteiger partial charge in [-0.1, -0.05) is 55.5 Å². The highest BCUT2D eigenvalue weighted by molar-refractivity contribution is 5.90. The number of fused-ring (bicyclic) bond motifs is 1. The molecular weight excluding hydrogens is 260 g/mol. The fourth-order valence-electron chi connectivity index (χ4n) is 2.67. The molecule has 4 nitrogen and oxygen atoms in total. The Morgan fingerprint density at radius 3 is 2.62 bits per heavy atom. The fraction of sp³-hybridized carbons (Fsp3) is 0.294. The van der Waals surface area contributed by atoms with Crippen molar-refractivity contribution in [3.63, 3.8) is 0 Å². The van der Waals surface area contributed by atoms with Crippen LogP contribution in [-0.2, 0) is 13.0 Å². The standard InChI is InChI=1S/C17H20N4/c1-12(2)10-17-15(11-18)19-20-21(17)16-9-5-7-13-6-3-4-8-14(13)16/h3-9,12H,10-11,18H2,1-2H3. The normalized spacial score (nSPS) is 11.4. The zero-order valence-corrected chi connectivity index (χ0v) is 12.5. The van der Waals surface area contributed by atoms with Crippen LogP contribution in [0.3, 0.4) is 0 Å². The van der Waals surface area contributed by atoms with E-state index in [2.05, 4.69) is 60.6 Å². The van der Waals surface area contributed by atoms with E-state index in [9.17, 15) is 0 Å². The van der Waals surface area contributed by atoms with Gasteiger partial charge in [0, 0.05) is 11.9 Å². The largest absolute Gasteiger partial charge is 0.325 e. The third-order valence-electron chi connectivity index (χ3n) is 3.63. The number of nitrogens with two attached hydrogens (primary N) is 1. The molecule has 3 aromatic rings. The van der Waals surface area contributed by atoms with Crippen molar-refractivity contribution in [2.24, 2.45) is 11.7 Å². The third kappa shape index (κ3) is 2.54. The van der Waals surface area contributed by atoms with Crippen LogP contribution < -0.4 is 5.73 Å². The Hall–Kier alpha value is -2.20. The van der Waals surface area contributed by atoms with Gasteiger partial charge in [0.2, 0.25) is 0 Å². The van der Waals surface area contributed by atoms with E-state index in [0.29, 0.717) is 12.5 Å². The molecule has 2 N–H and O–H groups in total. The van der Waals surface area contributed by atoms with Crippen molar-refractivity contribution in [1.29, 1.82) is 0 Å². The van der Waals surface area contributed by atoms with Gasteiger partial charge in [-0.05, 0) is 23.8 Å². The molecule has 0 saturated heterocycles. The first kappa shape index (κ1) is 13.8. The minimum Gasteiger partial charge on any atom is -0.325 e. The van der Waals surface area contributed by atoms with Crippen molar-refractivity contribution in [3.05, 3.63) is 53.9 Å². The average Bonchev–Trinajstić information content (AvgIpc) is 2.88. The van der Waals surface area contributed by atoms with Crippen LogP contribution in [0.15, 0.2) is 42.5 Å². The van der Waals surface area contributed by atoms with E-state index in [4.69, 9.17) is 5.73 Å².